The van der Waals surface area contributed by atoms with E-state index in [1.54, 1.807) is 7.11 Å². The minimum Gasteiger partial charge on any atom is -0.378 e. The van der Waals surface area contributed by atoms with E-state index in [9.17, 15) is 4.79 Å². The predicted octanol–water partition coefficient (Wildman–Crippen LogP) is 1.33. The van der Waals surface area contributed by atoms with Gasteiger partial charge in [-0.25, -0.2) is 0 Å². The van der Waals surface area contributed by atoms with Crippen molar-refractivity contribution in [2.24, 2.45) is 0 Å². The van der Waals surface area contributed by atoms with Crippen LogP contribution in [0.4, 0.5) is 0 Å². The molecule has 2 rings (SSSR count). The van der Waals surface area contributed by atoms with E-state index in [4.69, 9.17) is 16.3 Å². The molecule has 0 spiro atoms. The quantitative estimate of drug-likeness (QED) is 0.709. The van der Waals surface area contributed by atoms with Gasteiger partial charge < -0.3 is 9.64 Å². The van der Waals surface area contributed by atoms with Gasteiger partial charge in [0, 0.05) is 45.7 Å². The minimum atomic E-state index is -0.148. The molecule has 18 heavy (non-hydrogen) atoms. The number of ether oxygens (including phenoxy) is 1. The standard InChI is InChI=1S/C13H23ClN2O2/c1-18-13(3-2-4-13)11-12(17)16-9-7-15(6-5-14)8-10-16/h2-11H2,1H3. The normalized spacial score (nSPS) is 23.8. The van der Waals surface area contributed by atoms with Crippen LogP contribution in [0.5, 0.6) is 0 Å². The first kappa shape index (κ1) is 14.1. The van der Waals surface area contributed by atoms with Crippen molar-refractivity contribution in [1.82, 2.24) is 9.80 Å². The third kappa shape index (κ3) is 3.16. The monoisotopic (exact) mass is 274 g/mol. The van der Waals surface area contributed by atoms with E-state index >= 15 is 0 Å². The van der Waals surface area contributed by atoms with Crippen molar-refractivity contribution in [1.29, 1.82) is 0 Å². The fourth-order valence-electron chi connectivity index (χ4n) is 2.75. The van der Waals surface area contributed by atoms with E-state index in [2.05, 4.69) is 4.90 Å². The summed E-state index contributed by atoms with van der Waals surface area (Å²) in [4.78, 5) is 16.5. The van der Waals surface area contributed by atoms with Gasteiger partial charge in [0.1, 0.15) is 0 Å². The van der Waals surface area contributed by atoms with Gasteiger partial charge in [-0.3, -0.25) is 9.69 Å². The maximum absolute atomic E-state index is 12.2. The summed E-state index contributed by atoms with van der Waals surface area (Å²) in [5, 5.41) is 0. The molecule has 1 aliphatic heterocycles. The summed E-state index contributed by atoms with van der Waals surface area (Å²) in [7, 11) is 1.73. The lowest BCUT2D eigenvalue weighted by Gasteiger charge is -2.42. The number of carbonyl (C=O) groups is 1. The SMILES string of the molecule is COC1(CC(=O)N2CCN(CCCl)CC2)CCC1. The summed E-state index contributed by atoms with van der Waals surface area (Å²) < 4.78 is 5.52. The van der Waals surface area contributed by atoms with Crippen LogP contribution in [0.25, 0.3) is 0 Å². The van der Waals surface area contributed by atoms with Crippen LogP contribution in [0.15, 0.2) is 0 Å². The van der Waals surface area contributed by atoms with Gasteiger partial charge in [0.05, 0.1) is 12.0 Å². The van der Waals surface area contributed by atoms with E-state index in [0.29, 0.717) is 12.3 Å². The molecule has 0 radical (unpaired) electrons. The Labute approximate surface area is 114 Å². The van der Waals surface area contributed by atoms with Gasteiger partial charge in [0.2, 0.25) is 5.91 Å². The summed E-state index contributed by atoms with van der Waals surface area (Å²) in [6.07, 6.45) is 3.80. The van der Waals surface area contributed by atoms with Crippen molar-refractivity contribution in [2.75, 3.05) is 45.7 Å². The lowest BCUT2D eigenvalue weighted by Crippen LogP contribution is -2.52. The van der Waals surface area contributed by atoms with Crippen LogP contribution in [0.1, 0.15) is 25.7 Å². The van der Waals surface area contributed by atoms with Crippen LogP contribution < -0.4 is 0 Å². The maximum Gasteiger partial charge on any atom is 0.225 e. The number of nitrogens with zero attached hydrogens (tertiary/aromatic N) is 2. The Bertz CT molecular complexity index is 281. The van der Waals surface area contributed by atoms with Crippen molar-refractivity contribution in [3.8, 4) is 0 Å². The second-order valence-electron chi connectivity index (χ2n) is 5.33. The summed E-state index contributed by atoms with van der Waals surface area (Å²) in [5.74, 6) is 0.919. The second-order valence-corrected chi connectivity index (χ2v) is 5.71. The molecule has 0 aromatic carbocycles. The number of methoxy groups -OCH3 is 1. The molecule has 1 aliphatic carbocycles. The molecule has 0 N–H and O–H groups in total. The van der Waals surface area contributed by atoms with Crippen LogP contribution >= 0.6 is 11.6 Å². The number of alkyl halides is 1. The Morgan fingerprint density at radius 1 is 1.28 bits per heavy atom. The summed E-state index contributed by atoms with van der Waals surface area (Å²) in [5.41, 5.74) is -0.148. The average Bonchev–Trinajstić information content (AvgIpc) is 2.35. The topological polar surface area (TPSA) is 32.8 Å². The molecular formula is C13H23ClN2O2. The zero-order valence-corrected chi connectivity index (χ0v) is 11.9. The summed E-state index contributed by atoms with van der Waals surface area (Å²) in [6.45, 7) is 4.47. The van der Waals surface area contributed by atoms with Gasteiger partial charge in [0.15, 0.2) is 0 Å². The third-order valence-corrected chi connectivity index (χ3v) is 4.47. The molecule has 1 saturated carbocycles. The Morgan fingerprint density at radius 3 is 2.39 bits per heavy atom. The first-order valence-corrected chi connectivity index (χ1v) is 7.34. The molecule has 1 amide bonds. The lowest BCUT2D eigenvalue weighted by atomic mass is 9.77. The molecule has 0 unspecified atom stereocenters. The molecule has 104 valence electrons. The average molecular weight is 275 g/mol. The molecule has 0 atom stereocenters. The molecule has 5 heteroatoms. The van der Waals surface area contributed by atoms with Crippen molar-refractivity contribution >= 4 is 17.5 Å². The van der Waals surface area contributed by atoms with Crippen LogP contribution in [-0.4, -0.2) is 67.0 Å². The van der Waals surface area contributed by atoms with E-state index < -0.39 is 0 Å². The zero-order chi connectivity index (χ0) is 13.0. The molecule has 2 aliphatic rings. The van der Waals surface area contributed by atoms with Gasteiger partial charge >= 0.3 is 0 Å². The maximum atomic E-state index is 12.2. The number of halogens is 1. The van der Waals surface area contributed by atoms with Crippen LogP contribution in [-0.2, 0) is 9.53 Å². The summed E-state index contributed by atoms with van der Waals surface area (Å²) >= 11 is 5.73. The van der Waals surface area contributed by atoms with Gasteiger partial charge in [0.25, 0.3) is 0 Å². The molecule has 0 aromatic rings. The van der Waals surface area contributed by atoms with E-state index in [1.165, 1.54) is 6.42 Å². The van der Waals surface area contributed by atoms with Gasteiger partial charge in [-0.2, -0.15) is 0 Å². The molecule has 0 bridgehead atoms. The second kappa shape index (κ2) is 6.22. The van der Waals surface area contributed by atoms with Gasteiger partial charge in [-0.05, 0) is 19.3 Å². The Morgan fingerprint density at radius 2 is 1.94 bits per heavy atom. The molecular weight excluding hydrogens is 252 g/mol. The number of piperazine rings is 1. The number of rotatable bonds is 5. The lowest BCUT2D eigenvalue weighted by molar-refractivity contribution is -0.145. The van der Waals surface area contributed by atoms with E-state index in [-0.39, 0.29) is 11.5 Å². The van der Waals surface area contributed by atoms with Crippen molar-refractivity contribution in [3.05, 3.63) is 0 Å². The molecule has 1 heterocycles. The smallest absolute Gasteiger partial charge is 0.225 e. The largest absolute Gasteiger partial charge is 0.378 e. The highest BCUT2D eigenvalue weighted by Crippen LogP contribution is 2.38. The van der Waals surface area contributed by atoms with Gasteiger partial charge in [-0.15, -0.1) is 11.6 Å². The fraction of sp³-hybridized carbons (Fsp3) is 0.923. The predicted molar refractivity (Wildman–Crippen MR) is 71.9 cm³/mol. The highest BCUT2D eigenvalue weighted by Gasteiger charge is 2.40. The van der Waals surface area contributed by atoms with Crippen molar-refractivity contribution in [2.45, 2.75) is 31.3 Å². The Kier molecular flexibility index (Phi) is 4.87. The van der Waals surface area contributed by atoms with Gasteiger partial charge in [-0.1, -0.05) is 0 Å². The number of amides is 1. The molecule has 2 fully saturated rings. The van der Waals surface area contributed by atoms with E-state index in [0.717, 1.165) is 45.6 Å². The highest BCUT2D eigenvalue weighted by molar-refractivity contribution is 6.18. The van der Waals surface area contributed by atoms with E-state index in [1.807, 2.05) is 4.90 Å². The first-order chi connectivity index (χ1) is 8.69. The summed E-state index contributed by atoms with van der Waals surface area (Å²) in [6, 6.07) is 0. The Balaban J connectivity index is 1.77. The van der Waals surface area contributed by atoms with Crippen molar-refractivity contribution in [3.63, 3.8) is 0 Å². The van der Waals surface area contributed by atoms with Crippen LogP contribution in [0.2, 0.25) is 0 Å². The molecule has 4 nitrogen and oxygen atoms in total. The number of hydrogen-bond donors (Lipinski definition) is 0. The molecule has 1 saturated heterocycles. The highest BCUT2D eigenvalue weighted by atomic mass is 35.5. The number of hydrogen-bond acceptors (Lipinski definition) is 3. The fourth-order valence-corrected chi connectivity index (χ4v) is 2.99. The zero-order valence-electron chi connectivity index (χ0n) is 11.2. The molecule has 0 aromatic heterocycles. The minimum absolute atomic E-state index is 0.148. The number of carbonyl (C=O) groups excluding carboxylic acids is 1. The third-order valence-electron chi connectivity index (χ3n) is 4.30. The Hall–Kier alpha value is -0.320. The van der Waals surface area contributed by atoms with Crippen LogP contribution in [0.3, 0.4) is 0 Å². The van der Waals surface area contributed by atoms with Crippen molar-refractivity contribution < 1.29 is 9.53 Å². The first-order valence-electron chi connectivity index (χ1n) is 6.80. The van der Waals surface area contributed by atoms with Crippen LogP contribution in [0, 0.1) is 0 Å².